The Kier molecular flexibility index (Phi) is 7.07. The fraction of sp³-hybridized carbons (Fsp3) is 0.333. The fourth-order valence-corrected chi connectivity index (χ4v) is 4.61. The second kappa shape index (κ2) is 9.73. The van der Waals surface area contributed by atoms with Gasteiger partial charge in [0.1, 0.15) is 5.75 Å². The van der Waals surface area contributed by atoms with E-state index in [0.717, 1.165) is 12.8 Å². The van der Waals surface area contributed by atoms with Gasteiger partial charge in [-0.05, 0) is 68.3 Å². The van der Waals surface area contributed by atoms with Crippen molar-refractivity contribution in [2.75, 3.05) is 31.6 Å². The molecule has 0 bridgehead atoms. The number of carbonyl (C=O) groups is 2. The molecule has 0 aromatic heterocycles. The van der Waals surface area contributed by atoms with Crippen LogP contribution in [0.25, 0.3) is 0 Å². The van der Waals surface area contributed by atoms with Crippen molar-refractivity contribution < 1.29 is 22.7 Å². The lowest BCUT2D eigenvalue weighted by Gasteiger charge is -2.15. The highest BCUT2D eigenvalue weighted by Gasteiger charge is 2.27. The Morgan fingerprint density at radius 1 is 1.00 bits per heavy atom. The molecule has 1 fully saturated rings. The number of amides is 2. The minimum absolute atomic E-state index is 0.0772. The van der Waals surface area contributed by atoms with E-state index >= 15 is 0 Å². The van der Waals surface area contributed by atoms with E-state index in [1.54, 1.807) is 24.3 Å². The molecule has 2 N–H and O–H groups in total. The standard InChI is InChI=1S/C21H25N3O5S/c1-2-22-20(25)15-29-18-9-7-17(8-10-18)23-21(26)16-5-11-19(12-6-16)30(27,28)24-13-3-4-14-24/h5-12H,2-4,13-15H2,1H3,(H,22,25)(H,23,26). The van der Waals surface area contributed by atoms with Crippen LogP contribution in [0, 0.1) is 0 Å². The van der Waals surface area contributed by atoms with Crippen LogP contribution in [0.4, 0.5) is 5.69 Å². The number of anilines is 1. The summed E-state index contributed by atoms with van der Waals surface area (Å²) in [6.07, 6.45) is 1.74. The van der Waals surface area contributed by atoms with E-state index in [2.05, 4.69) is 10.6 Å². The average Bonchev–Trinajstić information content (AvgIpc) is 3.29. The number of hydrogen-bond donors (Lipinski definition) is 2. The first-order valence-electron chi connectivity index (χ1n) is 9.81. The molecule has 1 aliphatic heterocycles. The zero-order chi connectivity index (χ0) is 21.6. The first-order chi connectivity index (χ1) is 14.4. The highest BCUT2D eigenvalue weighted by atomic mass is 32.2. The molecule has 30 heavy (non-hydrogen) atoms. The van der Waals surface area contributed by atoms with E-state index in [9.17, 15) is 18.0 Å². The number of nitrogens with zero attached hydrogens (tertiary/aromatic N) is 1. The lowest BCUT2D eigenvalue weighted by Crippen LogP contribution is -2.28. The van der Waals surface area contributed by atoms with Crippen LogP contribution in [0.2, 0.25) is 0 Å². The minimum Gasteiger partial charge on any atom is -0.484 e. The zero-order valence-corrected chi connectivity index (χ0v) is 17.6. The molecule has 9 heteroatoms. The van der Waals surface area contributed by atoms with Gasteiger partial charge in [0.05, 0.1) is 4.90 Å². The number of rotatable bonds is 8. The third-order valence-corrected chi connectivity index (χ3v) is 6.59. The Balaban J connectivity index is 1.58. The van der Waals surface area contributed by atoms with Crippen LogP contribution < -0.4 is 15.4 Å². The van der Waals surface area contributed by atoms with Gasteiger partial charge in [-0.2, -0.15) is 4.31 Å². The van der Waals surface area contributed by atoms with Crippen LogP contribution >= 0.6 is 0 Å². The quantitative estimate of drug-likeness (QED) is 0.667. The van der Waals surface area contributed by atoms with Crippen LogP contribution in [-0.2, 0) is 14.8 Å². The van der Waals surface area contributed by atoms with Crippen LogP contribution in [0.15, 0.2) is 53.4 Å². The van der Waals surface area contributed by atoms with E-state index < -0.39 is 10.0 Å². The molecule has 2 amide bonds. The van der Waals surface area contributed by atoms with Crippen LogP contribution in [0.5, 0.6) is 5.75 Å². The molecular formula is C21H25N3O5S. The molecule has 3 rings (SSSR count). The maximum atomic E-state index is 12.6. The van der Waals surface area contributed by atoms with Crippen molar-refractivity contribution in [3.05, 3.63) is 54.1 Å². The molecule has 160 valence electrons. The summed E-state index contributed by atoms with van der Waals surface area (Å²) in [6.45, 7) is 3.36. The zero-order valence-electron chi connectivity index (χ0n) is 16.8. The molecule has 2 aromatic rings. The second-order valence-corrected chi connectivity index (χ2v) is 8.79. The van der Waals surface area contributed by atoms with E-state index in [1.165, 1.54) is 28.6 Å². The monoisotopic (exact) mass is 431 g/mol. The summed E-state index contributed by atoms with van der Waals surface area (Å²) in [4.78, 5) is 24.1. The number of ether oxygens (including phenoxy) is 1. The molecule has 0 unspecified atom stereocenters. The van der Waals surface area contributed by atoms with Crippen LogP contribution in [0.3, 0.4) is 0 Å². The van der Waals surface area contributed by atoms with Gasteiger partial charge in [-0.1, -0.05) is 0 Å². The molecule has 8 nitrogen and oxygen atoms in total. The van der Waals surface area contributed by atoms with Gasteiger partial charge in [0.25, 0.3) is 11.8 Å². The average molecular weight is 432 g/mol. The lowest BCUT2D eigenvalue weighted by molar-refractivity contribution is -0.122. The summed E-state index contributed by atoms with van der Waals surface area (Å²) >= 11 is 0. The van der Waals surface area contributed by atoms with Gasteiger partial charge in [0, 0.05) is 30.9 Å². The predicted molar refractivity (Wildman–Crippen MR) is 113 cm³/mol. The van der Waals surface area contributed by atoms with Gasteiger partial charge in [-0.3, -0.25) is 9.59 Å². The van der Waals surface area contributed by atoms with Gasteiger partial charge in [0.15, 0.2) is 6.61 Å². The highest BCUT2D eigenvalue weighted by molar-refractivity contribution is 7.89. The van der Waals surface area contributed by atoms with Crippen molar-refractivity contribution in [1.82, 2.24) is 9.62 Å². The summed E-state index contributed by atoms with van der Waals surface area (Å²) in [5.74, 6) is -0.0445. The molecule has 1 aliphatic rings. The summed E-state index contributed by atoms with van der Waals surface area (Å²) in [7, 11) is -3.50. The third-order valence-electron chi connectivity index (χ3n) is 4.68. The first-order valence-corrected chi connectivity index (χ1v) is 11.3. The van der Waals surface area contributed by atoms with Gasteiger partial charge in [0.2, 0.25) is 10.0 Å². The molecule has 0 spiro atoms. The van der Waals surface area contributed by atoms with E-state index in [1.807, 2.05) is 6.92 Å². The van der Waals surface area contributed by atoms with Crippen molar-refractivity contribution in [3.8, 4) is 5.75 Å². The van der Waals surface area contributed by atoms with E-state index in [0.29, 0.717) is 36.6 Å². The van der Waals surface area contributed by atoms with Crippen molar-refractivity contribution in [2.45, 2.75) is 24.7 Å². The van der Waals surface area contributed by atoms with Crippen molar-refractivity contribution in [3.63, 3.8) is 0 Å². The number of hydrogen-bond acceptors (Lipinski definition) is 5. The van der Waals surface area contributed by atoms with Crippen molar-refractivity contribution >= 4 is 27.5 Å². The Bertz CT molecular complexity index is 982. The maximum Gasteiger partial charge on any atom is 0.257 e. The normalized spacial score (nSPS) is 14.3. The molecule has 1 saturated heterocycles. The Hall–Kier alpha value is -2.91. The van der Waals surface area contributed by atoms with Gasteiger partial charge in [-0.15, -0.1) is 0 Å². The number of nitrogens with one attached hydrogen (secondary N) is 2. The molecular weight excluding hydrogens is 406 g/mol. The predicted octanol–water partition coefficient (Wildman–Crippen LogP) is 2.24. The van der Waals surface area contributed by atoms with Crippen molar-refractivity contribution in [2.24, 2.45) is 0 Å². The van der Waals surface area contributed by atoms with Gasteiger partial charge < -0.3 is 15.4 Å². The molecule has 0 radical (unpaired) electrons. The summed E-state index contributed by atoms with van der Waals surface area (Å²) in [5.41, 5.74) is 0.908. The largest absolute Gasteiger partial charge is 0.484 e. The Morgan fingerprint density at radius 3 is 2.23 bits per heavy atom. The van der Waals surface area contributed by atoms with E-state index in [-0.39, 0.29) is 23.3 Å². The maximum absolute atomic E-state index is 12.6. The summed E-state index contributed by atoms with van der Waals surface area (Å²) < 4.78 is 32.0. The molecule has 0 atom stereocenters. The number of likely N-dealkylation sites (N-methyl/N-ethyl adjacent to an activating group) is 1. The number of carbonyl (C=O) groups excluding carboxylic acids is 2. The molecule has 1 heterocycles. The van der Waals surface area contributed by atoms with Gasteiger partial charge >= 0.3 is 0 Å². The summed E-state index contributed by atoms with van der Waals surface area (Å²) in [5, 5.41) is 5.39. The van der Waals surface area contributed by atoms with Gasteiger partial charge in [-0.25, -0.2) is 8.42 Å². The van der Waals surface area contributed by atoms with Crippen molar-refractivity contribution in [1.29, 1.82) is 0 Å². The number of sulfonamides is 1. The third kappa shape index (κ3) is 5.37. The van der Waals surface area contributed by atoms with E-state index in [4.69, 9.17) is 4.74 Å². The topological polar surface area (TPSA) is 105 Å². The Morgan fingerprint density at radius 2 is 1.63 bits per heavy atom. The van der Waals surface area contributed by atoms with Crippen LogP contribution in [0.1, 0.15) is 30.1 Å². The first kappa shape index (κ1) is 21.8. The SMILES string of the molecule is CCNC(=O)COc1ccc(NC(=O)c2ccc(S(=O)(=O)N3CCCC3)cc2)cc1. The Labute approximate surface area is 176 Å². The van der Waals surface area contributed by atoms with Crippen LogP contribution in [-0.4, -0.2) is 50.8 Å². The minimum atomic E-state index is -3.50. The highest BCUT2D eigenvalue weighted by Crippen LogP contribution is 2.22. The number of benzene rings is 2. The molecule has 0 aliphatic carbocycles. The smallest absolute Gasteiger partial charge is 0.257 e. The fourth-order valence-electron chi connectivity index (χ4n) is 3.09. The lowest BCUT2D eigenvalue weighted by atomic mass is 10.2. The molecule has 0 saturated carbocycles. The second-order valence-electron chi connectivity index (χ2n) is 6.86. The molecule has 2 aromatic carbocycles. The summed E-state index contributed by atoms with van der Waals surface area (Å²) in [6, 6.07) is 12.6.